The normalized spacial score (nSPS) is 15.3. The van der Waals surface area contributed by atoms with Gasteiger partial charge in [0.15, 0.2) is 0 Å². The van der Waals surface area contributed by atoms with Crippen LogP contribution in [-0.2, 0) is 9.59 Å². The summed E-state index contributed by atoms with van der Waals surface area (Å²) in [5.74, 6) is 0.0996. The molecule has 0 aliphatic carbocycles. The minimum Gasteiger partial charge on any atom is -0.356 e. The van der Waals surface area contributed by atoms with E-state index < -0.39 is 0 Å². The molecule has 0 aromatic rings. The summed E-state index contributed by atoms with van der Waals surface area (Å²) in [6.07, 6.45) is 5.27. The third-order valence-electron chi connectivity index (χ3n) is 3.39. The molecule has 1 fully saturated rings. The lowest BCUT2D eigenvalue weighted by Crippen LogP contribution is -2.46. The lowest BCUT2D eigenvalue weighted by molar-refractivity contribution is -0.134. The number of nitrogens with one attached hydrogen (secondary N) is 2. The van der Waals surface area contributed by atoms with Gasteiger partial charge in [-0.1, -0.05) is 26.2 Å². The van der Waals surface area contributed by atoms with E-state index in [1.807, 2.05) is 4.90 Å². The number of carbonyl (C=O) groups excluding carboxylic acids is 2. The lowest BCUT2D eigenvalue weighted by Gasteiger charge is -2.27. The molecule has 0 radical (unpaired) electrons. The fraction of sp³-hybridized carbons (Fsp3) is 0.857. The zero-order valence-electron chi connectivity index (χ0n) is 12.0. The molecule has 5 heteroatoms. The standard InChI is InChI=1S/C14H27N3O2/c1-2-3-4-5-8-16-13(18)6-7-14(19)17-11-9-15-10-12-17/h15H,2-12H2,1H3,(H,16,18). The molecule has 110 valence electrons. The topological polar surface area (TPSA) is 61.4 Å². The molecule has 5 nitrogen and oxygen atoms in total. The van der Waals surface area contributed by atoms with Crippen molar-refractivity contribution in [2.75, 3.05) is 32.7 Å². The summed E-state index contributed by atoms with van der Waals surface area (Å²) in [7, 11) is 0. The monoisotopic (exact) mass is 269 g/mol. The van der Waals surface area contributed by atoms with Crippen LogP contribution in [0.15, 0.2) is 0 Å². The molecule has 1 heterocycles. The highest BCUT2D eigenvalue weighted by Crippen LogP contribution is 2.01. The Hall–Kier alpha value is -1.10. The first-order valence-electron chi connectivity index (χ1n) is 7.49. The molecule has 0 spiro atoms. The number of unbranched alkanes of at least 4 members (excludes halogenated alkanes) is 3. The van der Waals surface area contributed by atoms with E-state index in [0.29, 0.717) is 12.8 Å². The first-order valence-corrected chi connectivity index (χ1v) is 7.49. The van der Waals surface area contributed by atoms with Gasteiger partial charge in [-0.15, -0.1) is 0 Å². The van der Waals surface area contributed by atoms with Gasteiger partial charge in [0.25, 0.3) is 0 Å². The number of rotatable bonds is 8. The number of nitrogens with zero attached hydrogens (tertiary/aromatic N) is 1. The molecule has 2 N–H and O–H groups in total. The number of amides is 2. The van der Waals surface area contributed by atoms with Crippen LogP contribution in [0.5, 0.6) is 0 Å². The van der Waals surface area contributed by atoms with E-state index in [2.05, 4.69) is 17.6 Å². The first kappa shape index (κ1) is 16.0. The van der Waals surface area contributed by atoms with Crippen molar-refractivity contribution in [1.82, 2.24) is 15.5 Å². The van der Waals surface area contributed by atoms with E-state index in [0.717, 1.165) is 45.6 Å². The molecule has 0 bridgehead atoms. The SMILES string of the molecule is CCCCCCNC(=O)CCC(=O)N1CCNCC1. The second-order valence-corrected chi connectivity index (χ2v) is 5.04. The van der Waals surface area contributed by atoms with Gasteiger partial charge in [-0.3, -0.25) is 9.59 Å². The fourth-order valence-corrected chi connectivity index (χ4v) is 2.16. The van der Waals surface area contributed by atoms with Gasteiger partial charge in [0, 0.05) is 45.6 Å². The average Bonchev–Trinajstić information content (AvgIpc) is 2.45. The zero-order chi connectivity index (χ0) is 13.9. The van der Waals surface area contributed by atoms with Crippen LogP contribution < -0.4 is 10.6 Å². The van der Waals surface area contributed by atoms with Crippen LogP contribution in [-0.4, -0.2) is 49.4 Å². The number of piperazine rings is 1. The molecule has 1 aliphatic heterocycles. The fourth-order valence-electron chi connectivity index (χ4n) is 2.16. The Labute approximate surface area is 116 Å². The molecule has 0 atom stereocenters. The molecule has 0 unspecified atom stereocenters. The first-order chi connectivity index (χ1) is 9.24. The number of hydrogen-bond acceptors (Lipinski definition) is 3. The summed E-state index contributed by atoms with van der Waals surface area (Å²) in [5.41, 5.74) is 0. The third-order valence-corrected chi connectivity index (χ3v) is 3.39. The third kappa shape index (κ3) is 7.15. The van der Waals surface area contributed by atoms with Crippen molar-refractivity contribution in [1.29, 1.82) is 0 Å². The Bertz CT molecular complexity index is 276. The molecule has 1 aliphatic rings. The van der Waals surface area contributed by atoms with Crippen LogP contribution in [0.25, 0.3) is 0 Å². The van der Waals surface area contributed by atoms with Gasteiger partial charge in [-0.05, 0) is 6.42 Å². The van der Waals surface area contributed by atoms with Crippen LogP contribution in [0.2, 0.25) is 0 Å². The van der Waals surface area contributed by atoms with Gasteiger partial charge in [0.1, 0.15) is 0 Å². The summed E-state index contributed by atoms with van der Waals surface area (Å²) in [5, 5.41) is 6.08. The Morgan fingerprint density at radius 2 is 1.84 bits per heavy atom. The van der Waals surface area contributed by atoms with Crippen molar-refractivity contribution >= 4 is 11.8 Å². The summed E-state index contributed by atoms with van der Waals surface area (Å²) in [6.45, 7) is 6.14. The molecule has 1 saturated heterocycles. The number of hydrogen-bond donors (Lipinski definition) is 2. The quantitative estimate of drug-likeness (QED) is 0.644. The summed E-state index contributed by atoms with van der Waals surface area (Å²) in [6, 6.07) is 0. The number of carbonyl (C=O) groups is 2. The molecule has 0 aromatic heterocycles. The smallest absolute Gasteiger partial charge is 0.223 e. The Kier molecular flexibility index (Phi) is 8.21. The van der Waals surface area contributed by atoms with Gasteiger partial charge in [-0.2, -0.15) is 0 Å². The predicted molar refractivity (Wildman–Crippen MR) is 75.8 cm³/mol. The Morgan fingerprint density at radius 1 is 1.11 bits per heavy atom. The molecule has 1 rings (SSSR count). The van der Waals surface area contributed by atoms with Gasteiger partial charge in [0.05, 0.1) is 0 Å². The van der Waals surface area contributed by atoms with E-state index in [1.54, 1.807) is 0 Å². The van der Waals surface area contributed by atoms with Crippen LogP contribution >= 0.6 is 0 Å². The summed E-state index contributed by atoms with van der Waals surface area (Å²) < 4.78 is 0. The highest BCUT2D eigenvalue weighted by Gasteiger charge is 2.16. The predicted octanol–water partition coefficient (Wildman–Crippen LogP) is 0.895. The second kappa shape index (κ2) is 9.78. The van der Waals surface area contributed by atoms with E-state index in [9.17, 15) is 9.59 Å². The molecular formula is C14H27N3O2. The van der Waals surface area contributed by atoms with Crippen LogP contribution in [0.4, 0.5) is 0 Å². The minimum absolute atomic E-state index is 0.0000158. The Morgan fingerprint density at radius 3 is 2.53 bits per heavy atom. The highest BCUT2D eigenvalue weighted by atomic mass is 16.2. The van der Waals surface area contributed by atoms with Gasteiger partial charge >= 0.3 is 0 Å². The van der Waals surface area contributed by atoms with Gasteiger partial charge < -0.3 is 15.5 Å². The molecule has 19 heavy (non-hydrogen) atoms. The maximum Gasteiger partial charge on any atom is 0.223 e. The van der Waals surface area contributed by atoms with Crippen molar-refractivity contribution in [3.8, 4) is 0 Å². The zero-order valence-corrected chi connectivity index (χ0v) is 12.0. The maximum absolute atomic E-state index is 11.8. The van der Waals surface area contributed by atoms with E-state index in [-0.39, 0.29) is 11.8 Å². The van der Waals surface area contributed by atoms with Crippen molar-refractivity contribution < 1.29 is 9.59 Å². The average molecular weight is 269 g/mol. The maximum atomic E-state index is 11.8. The summed E-state index contributed by atoms with van der Waals surface area (Å²) in [4.78, 5) is 25.2. The minimum atomic E-state index is -0.0000158. The molecule has 0 aromatic carbocycles. The van der Waals surface area contributed by atoms with E-state index >= 15 is 0 Å². The lowest BCUT2D eigenvalue weighted by atomic mass is 10.2. The van der Waals surface area contributed by atoms with Crippen molar-refractivity contribution in [2.45, 2.75) is 45.4 Å². The van der Waals surface area contributed by atoms with Gasteiger partial charge in [0.2, 0.25) is 11.8 Å². The molecular weight excluding hydrogens is 242 g/mol. The molecule has 0 saturated carbocycles. The highest BCUT2D eigenvalue weighted by molar-refractivity contribution is 5.83. The van der Waals surface area contributed by atoms with Crippen molar-refractivity contribution in [3.63, 3.8) is 0 Å². The van der Waals surface area contributed by atoms with Crippen LogP contribution in [0.3, 0.4) is 0 Å². The summed E-state index contributed by atoms with van der Waals surface area (Å²) >= 11 is 0. The van der Waals surface area contributed by atoms with E-state index in [4.69, 9.17) is 0 Å². The largest absolute Gasteiger partial charge is 0.356 e. The van der Waals surface area contributed by atoms with Crippen molar-refractivity contribution in [2.24, 2.45) is 0 Å². The second-order valence-electron chi connectivity index (χ2n) is 5.04. The van der Waals surface area contributed by atoms with Crippen molar-refractivity contribution in [3.05, 3.63) is 0 Å². The van der Waals surface area contributed by atoms with Gasteiger partial charge in [-0.25, -0.2) is 0 Å². The van der Waals surface area contributed by atoms with E-state index in [1.165, 1.54) is 12.8 Å². The van der Waals surface area contributed by atoms with Crippen LogP contribution in [0.1, 0.15) is 45.4 Å². The molecule has 2 amide bonds. The van der Waals surface area contributed by atoms with Crippen LogP contribution in [0, 0.1) is 0 Å². The Balaban J connectivity index is 2.03.